The zero-order valence-corrected chi connectivity index (χ0v) is 17.6. The van der Waals surface area contributed by atoms with Gasteiger partial charge in [0.15, 0.2) is 10.9 Å². The van der Waals surface area contributed by atoms with Gasteiger partial charge in [0.1, 0.15) is 0 Å². The Kier molecular flexibility index (Phi) is 6.48. The molecule has 0 aliphatic rings. The molecule has 0 bridgehead atoms. The van der Waals surface area contributed by atoms with E-state index in [-0.39, 0.29) is 11.5 Å². The lowest BCUT2D eigenvalue weighted by Crippen LogP contribution is -1.95. The maximum Gasteiger partial charge on any atom is 0.283 e. The van der Waals surface area contributed by atoms with Crippen LogP contribution in [-0.4, -0.2) is 20.7 Å². The molecule has 3 aromatic carbocycles. The van der Waals surface area contributed by atoms with E-state index < -0.39 is 4.92 Å². The number of nitrogens with zero attached hydrogens (tertiary/aromatic N) is 3. The van der Waals surface area contributed by atoms with Crippen molar-refractivity contribution in [3.05, 3.63) is 119 Å². The van der Waals surface area contributed by atoms with E-state index in [4.69, 9.17) is 0 Å². The van der Waals surface area contributed by atoms with Gasteiger partial charge in [0.2, 0.25) is 0 Å². The topological polar surface area (TPSA) is 86.0 Å². The maximum atomic E-state index is 12.6. The molecule has 0 radical (unpaired) electrons. The lowest BCUT2D eigenvalue weighted by molar-refractivity contribution is -0.387. The molecule has 0 N–H and O–H groups in total. The Bertz CT molecular complexity index is 1280. The molecule has 6 nitrogen and oxygen atoms in total. The Hall–Kier alpha value is -4.10. The van der Waals surface area contributed by atoms with E-state index in [1.54, 1.807) is 48.8 Å². The van der Waals surface area contributed by atoms with Crippen molar-refractivity contribution in [3.63, 3.8) is 0 Å². The summed E-state index contributed by atoms with van der Waals surface area (Å²) in [5.74, 6) is -0.177. The van der Waals surface area contributed by atoms with Crippen molar-refractivity contribution in [2.24, 2.45) is 0 Å². The lowest BCUT2D eigenvalue weighted by Gasteiger charge is -2.03. The van der Waals surface area contributed by atoms with Gasteiger partial charge < -0.3 is 0 Å². The van der Waals surface area contributed by atoms with Crippen molar-refractivity contribution in [2.75, 3.05) is 0 Å². The maximum absolute atomic E-state index is 12.6. The van der Waals surface area contributed by atoms with Crippen LogP contribution in [0.2, 0.25) is 0 Å². The van der Waals surface area contributed by atoms with Crippen LogP contribution in [0.5, 0.6) is 0 Å². The summed E-state index contributed by atoms with van der Waals surface area (Å²) in [7, 11) is 0. The zero-order valence-electron chi connectivity index (χ0n) is 16.8. The summed E-state index contributed by atoms with van der Waals surface area (Å²) in [6.07, 6.45) is 6.16. The fourth-order valence-electron chi connectivity index (χ4n) is 3.03. The second-order valence-electron chi connectivity index (χ2n) is 6.76. The van der Waals surface area contributed by atoms with Gasteiger partial charge in [-0.25, -0.2) is 9.97 Å². The van der Waals surface area contributed by atoms with Crippen LogP contribution in [0.4, 0.5) is 5.69 Å². The van der Waals surface area contributed by atoms with Crippen LogP contribution in [0, 0.1) is 10.1 Å². The van der Waals surface area contributed by atoms with Crippen LogP contribution in [0.3, 0.4) is 0 Å². The molecule has 1 heterocycles. The third-order valence-electron chi connectivity index (χ3n) is 4.63. The van der Waals surface area contributed by atoms with Gasteiger partial charge >= 0.3 is 0 Å². The van der Waals surface area contributed by atoms with E-state index in [0.717, 1.165) is 22.9 Å². The Morgan fingerprint density at radius 3 is 2.25 bits per heavy atom. The number of allylic oxidation sites excluding steroid dienone is 1. The van der Waals surface area contributed by atoms with Gasteiger partial charge in [-0.15, -0.1) is 0 Å². The fourth-order valence-corrected chi connectivity index (χ4v) is 3.83. The molecule has 0 atom stereocenters. The number of ketones is 1. The van der Waals surface area contributed by atoms with E-state index in [9.17, 15) is 14.9 Å². The molecule has 0 amide bonds. The third-order valence-corrected chi connectivity index (χ3v) is 5.59. The number of rotatable bonds is 7. The van der Waals surface area contributed by atoms with Crippen LogP contribution in [0.25, 0.3) is 17.2 Å². The van der Waals surface area contributed by atoms with Crippen LogP contribution in [0.1, 0.15) is 15.9 Å². The molecular formula is C25H17N3O3S. The number of carbonyl (C=O) groups is 1. The highest BCUT2D eigenvalue weighted by Crippen LogP contribution is 2.33. The number of benzene rings is 3. The predicted molar refractivity (Wildman–Crippen MR) is 124 cm³/mol. The molecule has 0 saturated heterocycles. The van der Waals surface area contributed by atoms with Crippen LogP contribution < -0.4 is 0 Å². The second kappa shape index (κ2) is 9.80. The minimum Gasteiger partial charge on any atom is -0.289 e. The van der Waals surface area contributed by atoms with Crippen LogP contribution in [0.15, 0.2) is 107 Å². The number of nitro groups is 1. The molecule has 0 saturated carbocycles. The number of carbonyl (C=O) groups excluding carboxylic acids is 1. The summed E-state index contributed by atoms with van der Waals surface area (Å²) in [5, 5.41) is 12.0. The van der Waals surface area contributed by atoms with E-state index in [1.165, 1.54) is 12.1 Å². The van der Waals surface area contributed by atoms with Gasteiger partial charge in [-0.2, -0.15) is 0 Å². The van der Waals surface area contributed by atoms with Crippen molar-refractivity contribution >= 4 is 29.3 Å². The molecule has 7 heteroatoms. The molecule has 0 aliphatic heterocycles. The van der Waals surface area contributed by atoms with Crippen molar-refractivity contribution in [3.8, 4) is 11.1 Å². The van der Waals surface area contributed by atoms with Crippen molar-refractivity contribution in [1.82, 2.24) is 9.97 Å². The van der Waals surface area contributed by atoms with Crippen molar-refractivity contribution < 1.29 is 9.72 Å². The molecular weight excluding hydrogens is 422 g/mol. The van der Waals surface area contributed by atoms with Gasteiger partial charge in [0.25, 0.3) is 5.69 Å². The van der Waals surface area contributed by atoms with Gasteiger partial charge in [0, 0.05) is 24.0 Å². The summed E-state index contributed by atoms with van der Waals surface area (Å²) in [4.78, 5) is 32.2. The predicted octanol–water partition coefficient (Wildman–Crippen LogP) is 6.10. The van der Waals surface area contributed by atoms with Crippen molar-refractivity contribution in [2.45, 2.75) is 10.1 Å². The number of hydrogen-bond donors (Lipinski definition) is 0. The first-order valence-corrected chi connectivity index (χ1v) is 10.5. The SMILES string of the molecule is O=C(/C=C/c1ccc(Sc2ncccn2)c([N+](=O)[O-])c1)c1ccc(-c2ccccc2)cc1. The molecule has 0 spiro atoms. The smallest absolute Gasteiger partial charge is 0.283 e. The summed E-state index contributed by atoms with van der Waals surface area (Å²) >= 11 is 1.12. The first kappa shape index (κ1) is 21.1. The second-order valence-corrected chi connectivity index (χ2v) is 7.77. The van der Waals surface area contributed by atoms with E-state index in [2.05, 4.69) is 9.97 Å². The average Bonchev–Trinajstić information content (AvgIpc) is 2.84. The van der Waals surface area contributed by atoms with Gasteiger partial charge in [0.05, 0.1) is 9.82 Å². The minimum absolute atomic E-state index is 0.0655. The average molecular weight is 439 g/mol. The Balaban J connectivity index is 1.50. The summed E-state index contributed by atoms with van der Waals surface area (Å²) in [6.45, 7) is 0. The quantitative estimate of drug-likeness (QED) is 0.114. The molecule has 156 valence electrons. The van der Waals surface area contributed by atoms with Gasteiger partial charge in [-0.3, -0.25) is 14.9 Å². The first-order chi connectivity index (χ1) is 15.6. The largest absolute Gasteiger partial charge is 0.289 e. The van der Waals surface area contributed by atoms with Gasteiger partial charge in [-0.1, -0.05) is 66.7 Å². The molecule has 4 rings (SSSR count). The standard InChI is InChI=1S/C25H17N3O3S/c29-23(21-11-9-20(10-12-21)19-5-2-1-3-6-19)13-7-18-8-14-24(22(17-18)28(30)31)32-25-26-15-4-16-27-25/h1-17H/b13-7+. The zero-order chi connectivity index (χ0) is 22.3. The Morgan fingerprint density at radius 2 is 1.56 bits per heavy atom. The van der Waals surface area contributed by atoms with E-state index in [0.29, 0.717) is 21.2 Å². The number of nitro benzene ring substituents is 1. The molecule has 32 heavy (non-hydrogen) atoms. The monoisotopic (exact) mass is 439 g/mol. The van der Waals surface area contributed by atoms with E-state index >= 15 is 0 Å². The van der Waals surface area contributed by atoms with Crippen LogP contribution >= 0.6 is 11.8 Å². The normalized spacial score (nSPS) is 10.9. The highest BCUT2D eigenvalue weighted by atomic mass is 32.2. The molecule has 4 aromatic rings. The Morgan fingerprint density at radius 1 is 0.875 bits per heavy atom. The van der Waals surface area contributed by atoms with E-state index in [1.807, 2.05) is 42.5 Å². The summed E-state index contributed by atoms with van der Waals surface area (Å²) in [6, 6.07) is 23.7. The third kappa shape index (κ3) is 5.14. The summed E-state index contributed by atoms with van der Waals surface area (Å²) < 4.78 is 0. The molecule has 0 aliphatic carbocycles. The lowest BCUT2D eigenvalue weighted by atomic mass is 10.0. The molecule has 1 aromatic heterocycles. The molecule has 0 fully saturated rings. The number of aromatic nitrogens is 2. The first-order valence-electron chi connectivity index (χ1n) is 9.71. The number of hydrogen-bond acceptors (Lipinski definition) is 6. The van der Waals surface area contributed by atoms with Crippen LogP contribution in [-0.2, 0) is 0 Å². The molecule has 0 unspecified atom stereocenters. The van der Waals surface area contributed by atoms with Crippen molar-refractivity contribution in [1.29, 1.82) is 0 Å². The fraction of sp³-hybridized carbons (Fsp3) is 0. The Labute approximate surface area is 188 Å². The highest BCUT2D eigenvalue weighted by Gasteiger charge is 2.16. The van der Waals surface area contributed by atoms with Gasteiger partial charge in [-0.05, 0) is 46.7 Å². The highest BCUT2D eigenvalue weighted by molar-refractivity contribution is 7.99. The summed E-state index contributed by atoms with van der Waals surface area (Å²) in [5.41, 5.74) is 3.14. The minimum atomic E-state index is -0.452.